The highest BCUT2D eigenvalue weighted by atomic mass is 16.5. The molecule has 0 heterocycles. The molecule has 1 aliphatic carbocycles. The topological polar surface area (TPSA) is 52.3 Å². The molecule has 0 saturated heterocycles. The van der Waals surface area contributed by atoms with E-state index >= 15 is 0 Å². The van der Waals surface area contributed by atoms with Crippen molar-refractivity contribution in [3.63, 3.8) is 0 Å². The lowest BCUT2D eigenvalue weighted by molar-refractivity contribution is -0.141. The first-order valence-electron chi connectivity index (χ1n) is 3.54. The number of hydrogen-bond acceptors (Lipinski definition) is 3. The quantitative estimate of drug-likeness (QED) is 0.572. The number of esters is 1. The lowest BCUT2D eigenvalue weighted by atomic mass is 10.2. The van der Waals surface area contributed by atoms with Crippen LogP contribution in [0, 0.1) is 11.8 Å². The predicted molar refractivity (Wildman–Crippen MR) is 37.3 cm³/mol. The lowest BCUT2D eigenvalue weighted by Crippen LogP contribution is -2.06. The van der Waals surface area contributed by atoms with Gasteiger partial charge in [0.25, 0.3) is 0 Å². The molecule has 0 radical (unpaired) electrons. The van der Waals surface area contributed by atoms with Gasteiger partial charge in [-0.1, -0.05) is 0 Å². The summed E-state index contributed by atoms with van der Waals surface area (Å²) < 4.78 is 4.51. The summed E-state index contributed by atoms with van der Waals surface area (Å²) in [6.45, 7) is 0.710. The smallest absolute Gasteiger partial charge is 0.305 e. The van der Waals surface area contributed by atoms with E-state index < -0.39 is 0 Å². The number of methoxy groups -OCH3 is 1. The van der Waals surface area contributed by atoms with Gasteiger partial charge >= 0.3 is 5.97 Å². The molecule has 0 aliphatic heterocycles. The normalized spacial score (nSPS) is 29.8. The Balaban J connectivity index is 2.11. The summed E-state index contributed by atoms with van der Waals surface area (Å²) in [6, 6.07) is 0. The molecule has 3 heteroatoms. The molecule has 0 aromatic carbocycles. The highest BCUT2D eigenvalue weighted by molar-refractivity contribution is 5.69. The van der Waals surface area contributed by atoms with Crippen molar-refractivity contribution in [2.45, 2.75) is 12.8 Å². The summed E-state index contributed by atoms with van der Waals surface area (Å²) in [5.41, 5.74) is 5.39. The molecule has 1 rings (SSSR count). The second-order valence-electron chi connectivity index (χ2n) is 2.77. The second-order valence-corrected chi connectivity index (χ2v) is 2.77. The summed E-state index contributed by atoms with van der Waals surface area (Å²) >= 11 is 0. The van der Waals surface area contributed by atoms with E-state index in [2.05, 4.69) is 4.74 Å². The van der Waals surface area contributed by atoms with Gasteiger partial charge in [-0.15, -0.1) is 0 Å². The highest BCUT2D eigenvalue weighted by Crippen LogP contribution is 2.40. The number of ether oxygens (including phenoxy) is 1. The van der Waals surface area contributed by atoms with E-state index in [1.165, 1.54) is 7.11 Å². The van der Waals surface area contributed by atoms with Crippen LogP contribution < -0.4 is 5.73 Å². The summed E-state index contributed by atoms with van der Waals surface area (Å²) in [6.07, 6.45) is 1.66. The Morgan fingerprint density at radius 3 is 2.80 bits per heavy atom. The van der Waals surface area contributed by atoms with Crippen molar-refractivity contribution in [2.75, 3.05) is 13.7 Å². The zero-order valence-electron chi connectivity index (χ0n) is 6.17. The van der Waals surface area contributed by atoms with Crippen molar-refractivity contribution in [1.82, 2.24) is 0 Å². The molecular weight excluding hydrogens is 130 g/mol. The molecule has 2 N–H and O–H groups in total. The van der Waals surface area contributed by atoms with Gasteiger partial charge in [0.05, 0.1) is 7.11 Å². The van der Waals surface area contributed by atoms with Crippen LogP contribution in [0.4, 0.5) is 0 Å². The van der Waals surface area contributed by atoms with Crippen molar-refractivity contribution in [2.24, 2.45) is 17.6 Å². The van der Waals surface area contributed by atoms with Crippen LogP contribution in [0.5, 0.6) is 0 Å². The third-order valence-corrected chi connectivity index (χ3v) is 2.03. The van der Waals surface area contributed by atoms with Crippen LogP contribution in [0.1, 0.15) is 12.8 Å². The Morgan fingerprint density at radius 1 is 1.70 bits per heavy atom. The Morgan fingerprint density at radius 2 is 2.40 bits per heavy atom. The maximum absolute atomic E-state index is 10.7. The fourth-order valence-electron chi connectivity index (χ4n) is 1.15. The van der Waals surface area contributed by atoms with Crippen molar-refractivity contribution < 1.29 is 9.53 Å². The maximum atomic E-state index is 10.7. The first-order chi connectivity index (χ1) is 4.77. The molecule has 1 aliphatic rings. The fourth-order valence-corrected chi connectivity index (χ4v) is 1.15. The van der Waals surface area contributed by atoms with Crippen LogP contribution >= 0.6 is 0 Å². The average molecular weight is 143 g/mol. The van der Waals surface area contributed by atoms with Crippen molar-refractivity contribution in [3.8, 4) is 0 Å². The van der Waals surface area contributed by atoms with Gasteiger partial charge in [0.1, 0.15) is 0 Å². The van der Waals surface area contributed by atoms with Crippen molar-refractivity contribution in [3.05, 3.63) is 0 Å². The SMILES string of the molecule is COC(=O)CC1CC1CN. The minimum absolute atomic E-state index is 0.110. The number of nitrogens with two attached hydrogens (primary N) is 1. The molecule has 0 bridgehead atoms. The van der Waals surface area contributed by atoms with Gasteiger partial charge in [0.2, 0.25) is 0 Å². The molecule has 2 atom stereocenters. The molecule has 3 nitrogen and oxygen atoms in total. The van der Waals surface area contributed by atoms with Gasteiger partial charge < -0.3 is 10.5 Å². The number of carbonyl (C=O) groups is 1. The van der Waals surface area contributed by atoms with Crippen molar-refractivity contribution >= 4 is 5.97 Å². The maximum Gasteiger partial charge on any atom is 0.305 e. The Kier molecular flexibility index (Phi) is 2.27. The third kappa shape index (κ3) is 1.70. The molecule has 0 aromatic heterocycles. The van der Waals surface area contributed by atoms with Crippen LogP contribution in [0.25, 0.3) is 0 Å². The van der Waals surface area contributed by atoms with E-state index in [4.69, 9.17) is 5.73 Å². The van der Waals surface area contributed by atoms with Gasteiger partial charge in [-0.05, 0) is 24.8 Å². The summed E-state index contributed by atoms with van der Waals surface area (Å²) in [5.74, 6) is 0.984. The predicted octanol–water partition coefficient (Wildman–Crippen LogP) is 0.144. The summed E-state index contributed by atoms with van der Waals surface area (Å²) in [7, 11) is 1.42. The van der Waals surface area contributed by atoms with E-state index in [1.807, 2.05) is 0 Å². The van der Waals surface area contributed by atoms with Gasteiger partial charge in [0.15, 0.2) is 0 Å². The van der Waals surface area contributed by atoms with Gasteiger partial charge in [0, 0.05) is 6.42 Å². The lowest BCUT2D eigenvalue weighted by Gasteiger charge is -1.95. The summed E-state index contributed by atoms with van der Waals surface area (Å²) in [4.78, 5) is 10.7. The second kappa shape index (κ2) is 3.01. The van der Waals surface area contributed by atoms with E-state index in [0.29, 0.717) is 24.8 Å². The van der Waals surface area contributed by atoms with Crippen molar-refractivity contribution in [1.29, 1.82) is 0 Å². The van der Waals surface area contributed by atoms with Crippen LogP contribution in [0.3, 0.4) is 0 Å². The molecule has 0 spiro atoms. The van der Waals surface area contributed by atoms with E-state index in [1.54, 1.807) is 0 Å². The molecule has 1 saturated carbocycles. The average Bonchev–Trinajstić information content (AvgIpc) is 2.67. The molecule has 58 valence electrons. The minimum atomic E-state index is -0.110. The van der Waals surface area contributed by atoms with Crippen LogP contribution in [-0.4, -0.2) is 19.6 Å². The first kappa shape index (κ1) is 7.54. The van der Waals surface area contributed by atoms with Gasteiger partial charge in [-0.2, -0.15) is 0 Å². The monoisotopic (exact) mass is 143 g/mol. The highest BCUT2D eigenvalue weighted by Gasteiger charge is 2.37. The molecular formula is C7H13NO2. The molecule has 0 amide bonds. The van der Waals surface area contributed by atoms with Crippen LogP contribution in [-0.2, 0) is 9.53 Å². The standard InChI is InChI=1S/C7H13NO2/c1-10-7(9)3-5-2-6(5)4-8/h5-6H,2-4,8H2,1H3. The molecule has 10 heavy (non-hydrogen) atoms. The van der Waals surface area contributed by atoms with Gasteiger partial charge in [-0.25, -0.2) is 0 Å². The summed E-state index contributed by atoms with van der Waals surface area (Å²) in [5, 5.41) is 0. The number of rotatable bonds is 3. The molecule has 0 aromatic rings. The third-order valence-electron chi connectivity index (χ3n) is 2.03. The van der Waals surface area contributed by atoms with E-state index in [0.717, 1.165) is 6.42 Å². The fraction of sp³-hybridized carbons (Fsp3) is 0.857. The number of carbonyl (C=O) groups excluding carboxylic acids is 1. The zero-order chi connectivity index (χ0) is 7.56. The van der Waals surface area contributed by atoms with Crippen LogP contribution in [0.15, 0.2) is 0 Å². The molecule has 1 fully saturated rings. The van der Waals surface area contributed by atoms with Gasteiger partial charge in [-0.3, -0.25) is 4.79 Å². The largest absolute Gasteiger partial charge is 0.469 e. The Bertz CT molecular complexity index is 136. The van der Waals surface area contributed by atoms with E-state index in [9.17, 15) is 4.79 Å². The minimum Gasteiger partial charge on any atom is -0.469 e. The zero-order valence-corrected chi connectivity index (χ0v) is 6.17. The Hall–Kier alpha value is -0.570. The van der Waals surface area contributed by atoms with E-state index in [-0.39, 0.29) is 5.97 Å². The molecule has 2 unspecified atom stereocenters. The Labute approximate surface area is 60.5 Å². The number of hydrogen-bond donors (Lipinski definition) is 1. The first-order valence-corrected chi connectivity index (χ1v) is 3.54. The van der Waals surface area contributed by atoms with Crippen LogP contribution in [0.2, 0.25) is 0 Å².